The second-order valence-electron chi connectivity index (χ2n) is 5.41. The molecule has 2 rings (SSSR count). The summed E-state index contributed by atoms with van der Waals surface area (Å²) in [6.45, 7) is -0.269. The van der Waals surface area contributed by atoms with Gasteiger partial charge in [0, 0.05) is 24.8 Å². The molecule has 136 valence electrons. The summed E-state index contributed by atoms with van der Waals surface area (Å²) < 4.78 is 78.3. The first-order valence-corrected chi connectivity index (χ1v) is 7.23. The maximum Gasteiger partial charge on any atom is 0.433 e. The second kappa shape index (κ2) is 6.99. The van der Waals surface area contributed by atoms with Crippen LogP contribution in [0.5, 0.6) is 0 Å². The Morgan fingerprint density at radius 2 is 1.76 bits per heavy atom. The molecule has 0 spiro atoms. The van der Waals surface area contributed by atoms with Crippen LogP contribution in [0, 0.1) is 0 Å². The lowest BCUT2D eigenvalue weighted by Crippen LogP contribution is -2.14. The third-order valence-electron chi connectivity index (χ3n) is 3.52. The van der Waals surface area contributed by atoms with Gasteiger partial charge in [0.05, 0.1) is 11.1 Å². The first-order chi connectivity index (χ1) is 11.5. The molecule has 25 heavy (non-hydrogen) atoms. The van der Waals surface area contributed by atoms with Crippen molar-refractivity contribution in [1.29, 1.82) is 0 Å². The molecule has 0 amide bonds. The predicted molar refractivity (Wildman–Crippen MR) is 76.8 cm³/mol. The number of carbonyl (C=O) groups is 1. The number of aromatic nitrogens is 1. The highest BCUT2D eigenvalue weighted by atomic mass is 19.4. The van der Waals surface area contributed by atoms with E-state index in [1.807, 2.05) is 0 Å². The zero-order chi connectivity index (χ0) is 18.8. The zero-order valence-corrected chi connectivity index (χ0v) is 12.7. The van der Waals surface area contributed by atoms with E-state index in [-0.39, 0.29) is 30.4 Å². The number of carbonyl (C=O) groups excluding carboxylic acids is 1. The SMILES string of the molecule is O=C(CCCO)Cc1cc(C(F)(F)F)nc2c(C(F)(F)F)cccc12. The molecule has 0 unspecified atom stereocenters. The molecule has 0 fully saturated rings. The lowest BCUT2D eigenvalue weighted by molar-refractivity contribution is -0.142. The minimum atomic E-state index is -4.95. The van der Waals surface area contributed by atoms with E-state index in [0.29, 0.717) is 12.1 Å². The number of aliphatic hydroxyl groups excluding tert-OH is 1. The van der Waals surface area contributed by atoms with Gasteiger partial charge in [-0.05, 0) is 24.1 Å². The van der Waals surface area contributed by atoms with Crippen LogP contribution in [0.15, 0.2) is 24.3 Å². The van der Waals surface area contributed by atoms with Gasteiger partial charge in [-0.15, -0.1) is 0 Å². The van der Waals surface area contributed by atoms with Gasteiger partial charge in [0.25, 0.3) is 0 Å². The van der Waals surface area contributed by atoms with Crippen molar-refractivity contribution in [2.75, 3.05) is 6.61 Å². The molecule has 3 nitrogen and oxygen atoms in total. The number of alkyl halides is 6. The number of rotatable bonds is 5. The van der Waals surface area contributed by atoms with Crippen LogP contribution < -0.4 is 0 Å². The number of ketones is 1. The Kier molecular flexibility index (Phi) is 5.36. The van der Waals surface area contributed by atoms with Crippen molar-refractivity contribution in [3.63, 3.8) is 0 Å². The van der Waals surface area contributed by atoms with Gasteiger partial charge in [-0.2, -0.15) is 26.3 Å². The van der Waals surface area contributed by atoms with E-state index in [4.69, 9.17) is 5.11 Å². The van der Waals surface area contributed by atoms with E-state index in [2.05, 4.69) is 4.98 Å². The van der Waals surface area contributed by atoms with Gasteiger partial charge in [0.15, 0.2) is 0 Å². The monoisotopic (exact) mass is 365 g/mol. The molecule has 1 aromatic carbocycles. The summed E-state index contributed by atoms with van der Waals surface area (Å²) in [7, 11) is 0. The molecule has 9 heteroatoms. The highest BCUT2D eigenvalue weighted by Crippen LogP contribution is 2.37. The first-order valence-electron chi connectivity index (χ1n) is 7.23. The Labute approximate surface area is 138 Å². The van der Waals surface area contributed by atoms with Crippen molar-refractivity contribution in [3.05, 3.63) is 41.1 Å². The maximum absolute atomic E-state index is 13.1. The zero-order valence-electron chi connectivity index (χ0n) is 12.7. The van der Waals surface area contributed by atoms with Gasteiger partial charge in [0.1, 0.15) is 11.5 Å². The van der Waals surface area contributed by atoms with Crippen LogP contribution in [0.2, 0.25) is 0 Å². The number of halogens is 6. The number of hydrogen-bond donors (Lipinski definition) is 1. The van der Waals surface area contributed by atoms with Crippen molar-refractivity contribution in [1.82, 2.24) is 4.98 Å². The number of hydrogen-bond acceptors (Lipinski definition) is 3. The van der Waals surface area contributed by atoms with E-state index >= 15 is 0 Å². The molecule has 2 aromatic rings. The standard InChI is InChI=1S/C16H13F6NO2/c17-15(18,19)12-5-1-4-11-9(7-10(25)3-2-6-24)8-13(16(20,21)22)23-14(11)12/h1,4-5,8,24H,2-3,6-7H2. The minimum absolute atomic E-state index is 0.0827. The van der Waals surface area contributed by atoms with Gasteiger partial charge < -0.3 is 5.11 Å². The van der Waals surface area contributed by atoms with E-state index in [1.54, 1.807) is 0 Å². The average Bonchev–Trinajstić information content (AvgIpc) is 2.50. The van der Waals surface area contributed by atoms with Gasteiger partial charge in [-0.3, -0.25) is 4.79 Å². The third kappa shape index (κ3) is 4.47. The summed E-state index contributed by atoms with van der Waals surface area (Å²) in [6.07, 6.45) is -10.3. The van der Waals surface area contributed by atoms with Gasteiger partial charge in [0.2, 0.25) is 0 Å². The van der Waals surface area contributed by atoms with Crippen LogP contribution in [0.3, 0.4) is 0 Å². The third-order valence-corrected chi connectivity index (χ3v) is 3.52. The van der Waals surface area contributed by atoms with E-state index in [0.717, 1.165) is 6.07 Å². The lowest BCUT2D eigenvalue weighted by Gasteiger charge is -2.15. The Morgan fingerprint density at radius 1 is 1.08 bits per heavy atom. The molecule has 0 bridgehead atoms. The molecular formula is C16H13F6NO2. The van der Waals surface area contributed by atoms with Crippen molar-refractivity contribution in [3.8, 4) is 0 Å². The number of aliphatic hydroxyl groups is 1. The maximum atomic E-state index is 13.1. The molecule has 0 saturated heterocycles. The Balaban J connectivity index is 2.65. The molecule has 1 heterocycles. The minimum Gasteiger partial charge on any atom is -0.396 e. The number of benzene rings is 1. The smallest absolute Gasteiger partial charge is 0.396 e. The van der Waals surface area contributed by atoms with Crippen LogP contribution in [0.4, 0.5) is 26.3 Å². The first kappa shape index (κ1) is 19.2. The van der Waals surface area contributed by atoms with E-state index < -0.39 is 41.3 Å². The fourth-order valence-electron chi connectivity index (χ4n) is 2.42. The molecule has 0 aliphatic heterocycles. The number of para-hydroxylation sites is 1. The van der Waals surface area contributed by atoms with Crippen LogP contribution >= 0.6 is 0 Å². The highest BCUT2D eigenvalue weighted by Gasteiger charge is 2.37. The van der Waals surface area contributed by atoms with Crippen LogP contribution in [-0.2, 0) is 23.6 Å². The summed E-state index contributed by atoms with van der Waals surface area (Å²) in [4.78, 5) is 15.0. The summed E-state index contributed by atoms with van der Waals surface area (Å²) in [5.74, 6) is -0.480. The largest absolute Gasteiger partial charge is 0.433 e. The van der Waals surface area contributed by atoms with E-state index in [9.17, 15) is 31.1 Å². The fourth-order valence-corrected chi connectivity index (χ4v) is 2.42. The van der Waals surface area contributed by atoms with E-state index in [1.165, 1.54) is 6.07 Å². The summed E-state index contributed by atoms with van der Waals surface area (Å²) >= 11 is 0. The molecule has 0 atom stereocenters. The number of fused-ring (bicyclic) bond motifs is 1. The highest BCUT2D eigenvalue weighted by molar-refractivity contribution is 5.91. The average molecular weight is 365 g/mol. The predicted octanol–water partition coefficient (Wildman–Crippen LogP) is 4.16. The lowest BCUT2D eigenvalue weighted by atomic mass is 9.98. The molecular weight excluding hydrogens is 352 g/mol. The van der Waals surface area contributed by atoms with Gasteiger partial charge in [-0.1, -0.05) is 12.1 Å². The topological polar surface area (TPSA) is 50.2 Å². The molecule has 0 saturated carbocycles. The number of pyridine rings is 1. The van der Waals surface area contributed by atoms with Crippen molar-refractivity contribution in [2.45, 2.75) is 31.6 Å². The second-order valence-corrected chi connectivity index (χ2v) is 5.41. The molecule has 0 aliphatic rings. The van der Waals surface area contributed by atoms with Crippen LogP contribution in [0.1, 0.15) is 29.7 Å². The van der Waals surface area contributed by atoms with Gasteiger partial charge >= 0.3 is 12.4 Å². The Hall–Kier alpha value is -2.16. The Bertz CT molecular complexity index is 783. The molecule has 0 radical (unpaired) electrons. The van der Waals surface area contributed by atoms with Crippen molar-refractivity contribution < 1.29 is 36.2 Å². The normalized spacial score (nSPS) is 12.6. The summed E-state index contributed by atoms with van der Waals surface area (Å²) in [5, 5.41) is 8.54. The fraction of sp³-hybridized carbons (Fsp3) is 0.375. The Morgan fingerprint density at radius 3 is 2.32 bits per heavy atom. The molecule has 1 aromatic heterocycles. The van der Waals surface area contributed by atoms with Crippen LogP contribution in [-0.4, -0.2) is 22.5 Å². The molecule has 1 N–H and O–H groups in total. The number of Topliss-reactive ketones (excluding diaryl/α,β-unsaturated/α-hetero) is 1. The van der Waals surface area contributed by atoms with Crippen molar-refractivity contribution in [2.24, 2.45) is 0 Å². The molecule has 0 aliphatic carbocycles. The summed E-state index contributed by atoms with van der Waals surface area (Å²) in [5.41, 5.74) is -3.79. The number of nitrogens with zero attached hydrogens (tertiary/aromatic N) is 1. The van der Waals surface area contributed by atoms with Crippen molar-refractivity contribution >= 4 is 16.7 Å². The van der Waals surface area contributed by atoms with Gasteiger partial charge in [-0.25, -0.2) is 4.98 Å². The summed E-state index contributed by atoms with van der Waals surface area (Å²) in [6, 6.07) is 3.50. The quantitative estimate of drug-likeness (QED) is 0.810. The van der Waals surface area contributed by atoms with Crippen LogP contribution in [0.25, 0.3) is 10.9 Å².